The van der Waals surface area contributed by atoms with Gasteiger partial charge in [-0.25, -0.2) is 0 Å². The Morgan fingerprint density at radius 1 is 1.06 bits per heavy atom. The number of methoxy groups -OCH3 is 1. The molecule has 0 radical (unpaired) electrons. The molecule has 8 heteroatoms. The monoisotopic (exact) mass is 469 g/mol. The minimum atomic E-state index is -0.292. The first-order chi connectivity index (χ1) is 15.8. The van der Waals surface area contributed by atoms with E-state index in [4.69, 9.17) is 16.3 Å². The molecule has 0 atom stereocenters. The molecule has 0 spiro atoms. The van der Waals surface area contributed by atoms with E-state index in [9.17, 15) is 14.4 Å². The lowest BCUT2D eigenvalue weighted by molar-refractivity contribution is -0.132. The van der Waals surface area contributed by atoms with Crippen molar-refractivity contribution in [2.45, 2.75) is 27.2 Å². The minimum absolute atomic E-state index is 0.0297. The number of aromatic nitrogens is 1. The van der Waals surface area contributed by atoms with Crippen LogP contribution in [-0.2, 0) is 16.0 Å². The van der Waals surface area contributed by atoms with E-state index in [1.807, 2.05) is 26.8 Å². The highest BCUT2D eigenvalue weighted by Crippen LogP contribution is 2.30. The minimum Gasteiger partial charge on any atom is -0.497 e. The molecule has 1 heterocycles. The fraction of sp³-hybridized carbons (Fsp3) is 0.320. The molecule has 0 aliphatic rings. The molecule has 3 rings (SSSR count). The van der Waals surface area contributed by atoms with Crippen LogP contribution in [0.1, 0.15) is 35.5 Å². The molecular weight excluding hydrogens is 442 g/mol. The Morgan fingerprint density at radius 2 is 1.73 bits per heavy atom. The topological polar surface area (TPSA) is 80.6 Å². The van der Waals surface area contributed by atoms with Crippen molar-refractivity contribution in [3.63, 3.8) is 0 Å². The van der Waals surface area contributed by atoms with Gasteiger partial charge >= 0.3 is 0 Å². The number of nitrogens with one attached hydrogen (secondary N) is 1. The molecule has 0 aliphatic carbocycles. The third-order valence-electron chi connectivity index (χ3n) is 5.73. The van der Waals surface area contributed by atoms with Gasteiger partial charge in [0.2, 0.25) is 11.8 Å². The molecular formula is C25H28ClN3O4. The molecule has 1 aromatic heterocycles. The van der Waals surface area contributed by atoms with Crippen LogP contribution in [0.15, 0.2) is 42.5 Å². The Balaban J connectivity index is 1.95. The first kappa shape index (κ1) is 24.3. The quantitative estimate of drug-likeness (QED) is 0.543. The summed E-state index contributed by atoms with van der Waals surface area (Å²) >= 11 is 5.97. The van der Waals surface area contributed by atoms with E-state index < -0.39 is 0 Å². The number of amides is 2. The van der Waals surface area contributed by atoms with Crippen LogP contribution in [0.25, 0.3) is 10.9 Å². The van der Waals surface area contributed by atoms with Crippen LogP contribution in [0.4, 0.5) is 0 Å². The van der Waals surface area contributed by atoms with Crippen molar-refractivity contribution in [2.75, 3.05) is 26.7 Å². The number of hydrogen-bond acceptors (Lipinski definition) is 4. The first-order valence-corrected chi connectivity index (χ1v) is 11.2. The molecule has 1 N–H and O–H groups in total. The number of carbonyl (C=O) groups excluding carboxylic acids is 3. The molecule has 3 aromatic rings. The van der Waals surface area contributed by atoms with Gasteiger partial charge in [-0.3, -0.25) is 19.0 Å². The van der Waals surface area contributed by atoms with Crippen LogP contribution in [0.3, 0.4) is 0 Å². The van der Waals surface area contributed by atoms with E-state index in [1.165, 1.54) is 0 Å². The molecule has 7 nitrogen and oxygen atoms in total. The fourth-order valence-electron chi connectivity index (χ4n) is 3.88. The number of hydrogen-bond donors (Lipinski definition) is 1. The van der Waals surface area contributed by atoms with Crippen LogP contribution < -0.4 is 10.1 Å². The summed E-state index contributed by atoms with van der Waals surface area (Å²) in [6, 6.07) is 12.1. The molecule has 0 fully saturated rings. The second-order valence-electron chi connectivity index (χ2n) is 7.61. The number of halogens is 1. The van der Waals surface area contributed by atoms with Crippen LogP contribution in [0, 0.1) is 6.92 Å². The highest BCUT2D eigenvalue weighted by molar-refractivity contribution is 6.30. The van der Waals surface area contributed by atoms with Crippen molar-refractivity contribution in [3.8, 4) is 5.75 Å². The predicted molar refractivity (Wildman–Crippen MR) is 129 cm³/mol. The summed E-state index contributed by atoms with van der Waals surface area (Å²) in [6.45, 7) is 6.71. The molecule has 2 aromatic carbocycles. The largest absolute Gasteiger partial charge is 0.497 e. The summed E-state index contributed by atoms with van der Waals surface area (Å²) in [4.78, 5) is 40.0. The van der Waals surface area contributed by atoms with Gasteiger partial charge in [0.15, 0.2) is 0 Å². The Labute approximate surface area is 198 Å². The Bertz CT molecular complexity index is 1180. The van der Waals surface area contributed by atoms with E-state index in [2.05, 4.69) is 5.32 Å². The van der Waals surface area contributed by atoms with E-state index in [1.54, 1.807) is 53.0 Å². The maximum absolute atomic E-state index is 13.3. The second-order valence-corrected chi connectivity index (χ2v) is 8.05. The lowest BCUT2D eigenvalue weighted by Crippen LogP contribution is -2.40. The van der Waals surface area contributed by atoms with Crippen LogP contribution >= 0.6 is 11.6 Å². The lowest BCUT2D eigenvalue weighted by atomic mass is 10.1. The van der Waals surface area contributed by atoms with Gasteiger partial charge in [-0.05, 0) is 68.8 Å². The number of fused-ring (bicyclic) bond motifs is 1. The molecule has 0 saturated carbocycles. The van der Waals surface area contributed by atoms with E-state index >= 15 is 0 Å². The molecule has 33 heavy (non-hydrogen) atoms. The standard InChI is InChI=1S/C25H28ClN3O4/c1-5-28(6-2)24(31)15-27-23(30)14-20-16(3)29(22-12-11-19(33-4)13-21(20)22)25(32)17-7-9-18(26)10-8-17/h7-13H,5-6,14-15H2,1-4H3,(H,27,30). The normalized spacial score (nSPS) is 10.8. The van der Waals surface area contributed by atoms with Crippen molar-refractivity contribution in [1.29, 1.82) is 0 Å². The lowest BCUT2D eigenvalue weighted by Gasteiger charge is -2.18. The van der Waals surface area contributed by atoms with Gasteiger partial charge in [0.25, 0.3) is 5.91 Å². The summed E-state index contributed by atoms with van der Waals surface area (Å²) in [5, 5.41) is 4.00. The molecule has 0 unspecified atom stereocenters. The number of carbonyl (C=O) groups is 3. The van der Waals surface area contributed by atoms with Gasteiger partial charge < -0.3 is 15.0 Å². The first-order valence-electron chi connectivity index (χ1n) is 10.8. The average molecular weight is 470 g/mol. The molecule has 174 valence electrons. The third kappa shape index (κ3) is 5.20. The summed E-state index contributed by atoms with van der Waals surface area (Å²) in [7, 11) is 1.56. The van der Waals surface area contributed by atoms with Crippen molar-refractivity contribution in [2.24, 2.45) is 0 Å². The maximum atomic E-state index is 13.3. The average Bonchev–Trinajstić information content (AvgIpc) is 3.08. The Kier molecular flexibility index (Phi) is 7.76. The predicted octanol–water partition coefficient (Wildman–Crippen LogP) is 3.83. The van der Waals surface area contributed by atoms with Crippen molar-refractivity contribution in [3.05, 3.63) is 64.3 Å². The highest BCUT2D eigenvalue weighted by atomic mass is 35.5. The maximum Gasteiger partial charge on any atom is 0.262 e. The van der Waals surface area contributed by atoms with Crippen LogP contribution in [-0.4, -0.2) is 53.9 Å². The van der Waals surface area contributed by atoms with Gasteiger partial charge in [-0.15, -0.1) is 0 Å². The summed E-state index contributed by atoms with van der Waals surface area (Å²) in [5.41, 5.74) is 2.52. The summed E-state index contributed by atoms with van der Waals surface area (Å²) in [5.74, 6) is -0.0221. The SMILES string of the molecule is CCN(CC)C(=O)CNC(=O)Cc1c(C)n(C(=O)c2ccc(Cl)cc2)c2ccc(OC)cc12. The number of benzene rings is 2. The third-order valence-corrected chi connectivity index (χ3v) is 5.98. The zero-order valence-electron chi connectivity index (χ0n) is 19.3. The van der Waals surface area contributed by atoms with Crippen molar-refractivity contribution in [1.82, 2.24) is 14.8 Å². The zero-order valence-corrected chi connectivity index (χ0v) is 20.0. The molecule has 2 amide bonds. The Hall–Kier alpha value is -3.32. The van der Waals surface area contributed by atoms with E-state index in [-0.39, 0.29) is 30.7 Å². The number of ether oxygens (including phenoxy) is 1. The number of nitrogens with zero attached hydrogens (tertiary/aromatic N) is 2. The van der Waals surface area contributed by atoms with Crippen LogP contribution in [0.2, 0.25) is 5.02 Å². The molecule has 0 bridgehead atoms. The summed E-state index contributed by atoms with van der Waals surface area (Å²) < 4.78 is 6.96. The highest BCUT2D eigenvalue weighted by Gasteiger charge is 2.22. The fourth-order valence-corrected chi connectivity index (χ4v) is 4.01. The summed E-state index contributed by atoms with van der Waals surface area (Å²) in [6.07, 6.45) is 0.0297. The Morgan fingerprint density at radius 3 is 2.33 bits per heavy atom. The molecule has 0 aliphatic heterocycles. The van der Waals surface area contributed by atoms with Gasteiger partial charge in [0.05, 0.1) is 25.6 Å². The molecule has 0 saturated heterocycles. The number of likely N-dealkylation sites (N-methyl/N-ethyl adjacent to an activating group) is 1. The van der Waals surface area contributed by atoms with Gasteiger partial charge in [-0.2, -0.15) is 0 Å². The second kappa shape index (κ2) is 10.5. The van der Waals surface area contributed by atoms with Gasteiger partial charge in [-0.1, -0.05) is 11.6 Å². The van der Waals surface area contributed by atoms with Gasteiger partial charge in [0.1, 0.15) is 5.75 Å². The number of rotatable bonds is 8. The van der Waals surface area contributed by atoms with Crippen LogP contribution in [0.5, 0.6) is 5.75 Å². The smallest absolute Gasteiger partial charge is 0.262 e. The van der Waals surface area contributed by atoms with Crippen molar-refractivity contribution < 1.29 is 19.1 Å². The van der Waals surface area contributed by atoms with E-state index in [0.29, 0.717) is 46.2 Å². The van der Waals surface area contributed by atoms with E-state index in [0.717, 1.165) is 5.39 Å². The zero-order chi connectivity index (χ0) is 24.1. The van der Waals surface area contributed by atoms with Gasteiger partial charge in [0, 0.05) is 34.8 Å². The van der Waals surface area contributed by atoms with Crippen molar-refractivity contribution >= 4 is 40.2 Å².